The van der Waals surface area contributed by atoms with Gasteiger partial charge < -0.3 is 9.73 Å². The molecule has 1 N–H and O–H groups in total. The Kier molecular flexibility index (Phi) is 1.86. The lowest BCUT2D eigenvalue weighted by molar-refractivity contribution is 0.0951. The van der Waals surface area contributed by atoms with Crippen molar-refractivity contribution in [3.8, 4) is 0 Å². The van der Waals surface area contributed by atoms with E-state index in [2.05, 4.69) is 5.32 Å². The maximum atomic E-state index is 11.3. The van der Waals surface area contributed by atoms with E-state index in [9.17, 15) is 4.79 Å². The van der Waals surface area contributed by atoms with Crippen LogP contribution in [0.2, 0.25) is 0 Å². The molecule has 1 aliphatic carbocycles. The first-order valence-electron chi connectivity index (χ1n) is 4.16. The highest BCUT2D eigenvalue weighted by Gasteiger charge is 2.21. The predicted octanol–water partition coefficient (Wildman–Crippen LogP) is 1.42. The molecule has 64 valence electrons. The Morgan fingerprint density at radius 2 is 2.50 bits per heavy atom. The van der Waals surface area contributed by atoms with Crippen LogP contribution in [0.15, 0.2) is 23.0 Å². The first kappa shape index (κ1) is 7.40. The van der Waals surface area contributed by atoms with E-state index in [-0.39, 0.29) is 5.91 Å². The standard InChI is InChI=1S/C9H11NO2/c11-9(8-3-4-12-6-8)10-5-7-1-2-7/h3-4,6-7H,1-2,5H2,(H,10,11). The minimum Gasteiger partial charge on any atom is -0.472 e. The molecule has 0 spiro atoms. The van der Waals surface area contributed by atoms with E-state index >= 15 is 0 Å². The van der Waals surface area contributed by atoms with Crippen molar-refractivity contribution in [2.24, 2.45) is 5.92 Å². The summed E-state index contributed by atoms with van der Waals surface area (Å²) >= 11 is 0. The van der Waals surface area contributed by atoms with Crippen LogP contribution in [0.1, 0.15) is 23.2 Å². The second-order valence-electron chi connectivity index (χ2n) is 3.17. The molecule has 0 radical (unpaired) electrons. The number of carbonyl (C=O) groups is 1. The quantitative estimate of drug-likeness (QED) is 0.736. The van der Waals surface area contributed by atoms with E-state index in [1.54, 1.807) is 6.07 Å². The maximum absolute atomic E-state index is 11.3. The molecule has 0 aliphatic heterocycles. The molecule has 1 heterocycles. The van der Waals surface area contributed by atoms with Crippen LogP contribution in [0.3, 0.4) is 0 Å². The summed E-state index contributed by atoms with van der Waals surface area (Å²) in [5, 5.41) is 2.85. The van der Waals surface area contributed by atoms with Gasteiger partial charge in [-0.25, -0.2) is 0 Å². The summed E-state index contributed by atoms with van der Waals surface area (Å²) in [6.45, 7) is 0.810. The van der Waals surface area contributed by atoms with Gasteiger partial charge >= 0.3 is 0 Å². The Balaban J connectivity index is 1.83. The second-order valence-corrected chi connectivity index (χ2v) is 3.17. The fourth-order valence-electron chi connectivity index (χ4n) is 1.05. The minimum atomic E-state index is -0.0318. The van der Waals surface area contributed by atoms with Crippen molar-refractivity contribution in [3.63, 3.8) is 0 Å². The summed E-state index contributed by atoms with van der Waals surface area (Å²) in [4.78, 5) is 11.3. The molecule has 0 unspecified atom stereocenters. The van der Waals surface area contributed by atoms with Gasteiger partial charge in [0.2, 0.25) is 0 Å². The molecule has 1 amide bonds. The smallest absolute Gasteiger partial charge is 0.254 e. The van der Waals surface area contributed by atoms with E-state index in [0.29, 0.717) is 5.56 Å². The Labute approximate surface area is 70.8 Å². The molecule has 0 aromatic carbocycles. The van der Waals surface area contributed by atoms with Crippen molar-refractivity contribution < 1.29 is 9.21 Å². The van der Waals surface area contributed by atoms with Gasteiger partial charge in [-0.2, -0.15) is 0 Å². The van der Waals surface area contributed by atoms with Gasteiger partial charge in [0.1, 0.15) is 6.26 Å². The minimum absolute atomic E-state index is 0.0318. The molecule has 12 heavy (non-hydrogen) atoms. The zero-order valence-corrected chi connectivity index (χ0v) is 6.75. The molecular formula is C9H11NO2. The maximum Gasteiger partial charge on any atom is 0.254 e. The Morgan fingerprint density at radius 1 is 1.67 bits per heavy atom. The summed E-state index contributed by atoms with van der Waals surface area (Å²) in [5.74, 6) is 0.691. The summed E-state index contributed by atoms with van der Waals surface area (Å²) < 4.78 is 4.80. The molecule has 3 heteroatoms. The highest BCUT2D eigenvalue weighted by molar-refractivity contribution is 5.93. The molecule has 1 aromatic rings. The largest absolute Gasteiger partial charge is 0.472 e. The molecule has 1 aliphatic rings. The van der Waals surface area contributed by atoms with Crippen molar-refractivity contribution in [3.05, 3.63) is 24.2 Å². The molecular weight excluding hydrogens is 154 g/mol. The number of rotatable bonds is 3. The summed E-state index contributed by atoms with van der Waals surface area (Å²) in [5.41, 5.74) is 0.607. The zero-order valence-electron chi connectivity index (χ0n) is 6.75. The summed E-state index contributed by atoms with van der Waals surface area (Å²) in [6.07, 6.45) is 5.48. The fourth-order valence-corrected chi connectivity index (χ4v) is 1.05. The van der Waals surface area contributed by atoms with Gasteiger partial charge in [0.05, 0.1) is 11.8 Å². The third kappa shape index (κ3) is 1.67. The highest BCUT2D eigenvalue weighted by atomic mass is 16.3. The van der Waals surface area contributed by atoms with Crippen LogP contribution < -0.4 is 5.32 Å². The molecule has 0 bridgehead atoms. The Bertz CT molecular complexity index is 262. The number of furan rings is 1. The van der Waals surface area contributed by atoms with E-state index in [0.717, 1.165) is 12.5 Å². The van der Waals surface area contributed by atoms with Gasteiger partial charge in [0.25, 0.3) is 5.91 Å². The van der Waals surface area contributed by atoms with Crippen molar-refractivity contribution in [1.29, 1.82) is 0 Å². The third-order valence-corrected chi connectivity index (χ3v) is 2.03. The van der Waals surface area contributed by atoms with Crippen LogP contribution in [0.4, 0.5) is 0 Å². The molecule has 1 fully saturated rings. The molecule has 0 atom stereocenters. The van der Waals surface area contributed by atoms with E-state index in [4.69, 9.17) is 4.42 Å². The molecule has 2 rings (SSSR count). The third-order valence-electron chi connectivity index (χ3n) is 2.03. The average Bonchev–Trinajstić information content (AvgIpc) is 2.74. The normalized spacial score (nSPS) is 16.0. The number of amides is 1. The monoisotopic (exact) mass is 165 g/mol. The van der Waals surface area contributed by atoms with Gasteiger partial charge in [0.15, 0.2) is 0 Å². The van der Waals surface area contributed by atoms with E-state index in [1.165, 1.54) is 25.4 Å². The van der Waals surface area contributed by atoms with Crippen LogP contribution in [-0.2, 0) is 0 Å². The molecule has 0 saturated heterocycles. The lowest BCUT2D eigenvalue weighted by Crippen LogP contribution is -2.24. The number of hydrogen-bond acceptors (Lipinski definition) is 2. The first-order chi connectivity index (χ1) is 5.86. The summed E-state index contributed by atoms with van der Waals surface area (Å²) in [7, 11) is 0. The topological polar surface area (TPSA) is 42.2 Å². The van der Waals surface area contributed by atoms with Gasteiger partial charge in [-0.05, 0) is 24.8 Å². The molecule has 1 aromatic heterocycles. The van der Waals surface area contributed by atoms with E-state index in [1.807, 2.05) is 0 Å². The van der Waals surface area contributed by atoms with Gasteiger partial charge in [-0.1, -0.05) is 0 Å². The lowest BCUT2D eigenvalue weighted by atomic mass is 10.3. The molecule has 3 nitrogen and oxygen atoms in total. The van der Waals surface area contributed by atoms with Crippen LogP contribution >= 0.6 is 0 Å². The Morgan fingerprint density at radius 3 is 3.08 bits per heavy atom. The van der Waals surface area contributed by atoms with Crippen LogP contribution in [0, 0.1) is 5.92 Å². The van der Waals surface area contributed by atoms with E-state index < -0.39 is 0 Å². The van der Waals surface area contributed by atoms with Crippen molar-refractivity contribution >= 4 is 5.91 Å². The Hall–Kier alpha value is -1.25. The van der Waals surface area contributed by atoms with Crippen molar-refractivity contribution in [2.75, 3.05) is 6.54 Å². The first-order valence-corrected chi connectivity index (χ1v) is 4.16. The predicted molar refractivity (Wildman–Crippen MR) is 43.8 cm³/mol. The highest BCUT2D eigenvalue weighted by Crippen LogP contribution is 2.27. The zero-order chi connectivity index (χ0) is 8.39. The molecule has 1 saturated carbocycles. The van der Waals surface area contributed by atoms with Crippen molar-refractivity contribution in [2.45, 2.75) is 12.8 Å². The van der Waals surface area contributed by atoms with Gasteiger partial charge in [-0.15, -0.1) is 0 Å². The number of hydrogen-bond donors (Lipinski definition) is 1. The van der Waals surface area contributed by atoms with Crippen molar-refractivity contribution in [1.82, 2.24) is 5.32 Å². The summed E-state index contributed by atoms with van der Waals surface area (Å²) in [6, 6.07) is 1.67. The second kappa shape index (κ2) is 3.01. The fraction of sp³-hybridized carbons (Fsp3) is 0.444. The van der Waals surface area contributed by atoms with Gasteiger partial charge in [-0.3, -0.25) is 4.79 Å². The van der Waals surface area contributed by atoms with Gasteiger partial charge in [0, 0.05) is 6.54 Å². The SMILES string of the molecule is O=C(NCC1CC1)c1ccoc1. The van der Waals surface area contributed by atoms with Crippen LogP contribution in [-0.4, -0.2) is 12.5 Å². The van der Waals surface area contributed by atoms with Crippen LogP contribution in [0.5, 0.6) is 0 Å². The number of nitrogens with one attached hydrogen (secondary N) is 1. The van der Waals surface area contributed by atoms with Crippen LogP contribution in [0.25, 0.3) is 0 Å². The average molecular weight is 165 g/mol. The lowest BCUT2D eigenvalue weighted by Gasteiger charge is -1.99. The number of carbonyl (C=O) groups excluding carboxylic acids is 1.